The van der Waals surface area contributed by atoms with E-state index in [9.17, 15) is 21.6 Å². The first-order valence-corrected chi connectivity index (χ1v) is 9.93. The molecule has 0 amide bonds. The Kier molecular flexibility index (Phi) is 7.30. The van der Waals surface area contributed by atoms with E-state index in [1.807, 2.05) is 6.07 Å². The molecule has 0 radical (unpaired) electrons. The average molecular weight is 422 g/mol. The van der Waals surface area contributed by atoms with E-state index < -0.39 is 21.5 Å². The number of aliphatic hydroxyl groups is 1. The van der Waals surface area contributed by atoms with Gasteiger partial charge in [0.1, 0.15) is 11.5 Å². The van der Waals surface area contributed by atoms with Crippen molar-refractivity contribution in [2.45, 2.75) is 37.6 Å². The third-order valence-electron chi connectivity index (χ3n) is 3.85. The summed E-state index contributed by atoms with van der Waals surface area (Å²) in [4.78, 5) is 6.90. The van der Waals surface area contributed by atoms with Gasteiger partial charge in [0.15, 0.2) is 0 Å². The number of aryl methyl sites for hydroxylation is 1. The Morgan fingerprint density at radius 2 is 1.93 bits per heavy atom. The maximum absolute atomic E-state index is 12.4. The number of aliphatic imine (C=N–C) groups is 1. The smallest absolute Gasteiger partial charge is 0.494 e. The Morgan fingerprint density at radius 1 is 1.21 bits per heavy atom. The lowest BCUT2D eigenvalue weighted by atomic mass is 10.1. The number of aromatic amines is 1. The number of aliphatic hydroxyl groups excluding tert-OH is 1. The second kappa shape index (κ2) is 9.28. The van der Waals surface area contributed by atoms with Crippen molar-refractivity contribution in [3.05, 3.63) is 41.1 Å². The SMILES string of the molecule is COC1=CC(OS(=O)(=O)C(F)(F)F)=N/C1=C\c1ccc(CCCCCCO)[nH]1. The Balaban J connectivity index is 2.07. The fourth-order valence-corrected chi connectivity index (χ4v) is 2.88. The molecule has 156 valence electrons. The van der Waals surface area contributed by atoms with Crippen molar-refractivity contribution < 1.29 is 35.6 Å². The van der Waals surface area contributed by atoms with Gasteiger partial charge in [-0.05, 0) is 37.5 Å². The van der Waals surface area contributed by atoms with Gasteiger partial charge < -0.3 is 19.0 Å². The molecule has 0 unspecified atom stereocenters. The van der Waals surface area contributed by atoms with Crippen LogP contribution in [0.25, 0.3) is 6.08 Å². The van der Waals surface area contributed by atoms with Crippen LogP contribution >= 0.6 is 0 Å². The molecule has 28 heavy (non-hydrogen) atoms. The molecule has 0 spiro atoms. The minimum Gasteiger partial charge on any atom is -0.494 e. The van der Waals surface area contributed by atoms with Gasteiger partial charge in [0.25, 0.3) is 0 Å². The second-order valence-corrected chi connectivity index (χ2v) is 7.54. The number of hydrogen-bond donors (Lipinski definition) is 2. The van der Waals surface area contributed by atoms with E-state index in [0.717, 1.165) is 43.9 Å². The summed E-state index contributed by atoms with van der Waals surface area (Å²) in [6, 6.07) is 3.64. The number of nitrogens with zero attached hydrogens (tertiary/aromatic N) is 1. The quantitative estimate of drug-likeness (QED) is 0.361. The minimum atomic E-state index is -5.80. The number of aromatic nitrogens is 1. The van der Waals surface area contributed by atoms with E-state index in [0.29, 0.717) is 5.69 Å². The van der Waals surface area contributed by atoms with E-state index >= 15 is 0 Å². The molecule has 1 aliphatic rings. The summed E-state index contributed by atoms with van der Waals surface area (Å²) in [5.41, 5.74) is -3.82. The molecular formula is C17H21F3N2O5S. The highest BCUT2D eigenvalue weighted by Gasteiger charge is 2.49. The molecular weight excluding hydrogens is 401 g/mol. The van der Waals surface area contributed by atoms with Crippen molar-refractivity contribution in [3.8, 4) is 0 Å². The summed E-state index contributed by atoms with van der Waals surface area (Å²) < 4.78 is 68.5. The van der Waals surface area contributed by atoms with Crippen LogP contribution in [0.2, 0.25) is 0 Å². The molecule has 1 aliphatic heterocycles. The Hall–Kier alpha value is -2.27. The lowest BCUT2D eigenvalue weighted by Gasteiger charge is -2.07. The molecule has 0 aromatic carbocycles. The predicted molar refractivity (Wildman–Crippen MR) is 96.6 cm³/mol. The molecule has 11 heteroatoms. The first kappa shape index (κ1) is 22.0. The number of halogens is 3. The highest BCUT2D eigenvalue weighted by atomic mass is 32.2. The number of H-pyrrole nitrogens is 1. The molecule has 0 fully saturated rings. The average Bonchev–Trinajstić information content (AvgIpc) is 3.20. The summed E-state index contributed by atoms with van der Waals surface area (Å²) in [6.45, 7) is 0.187. The Morgan fingerprint density at radius 3 is 2.57 bits per heavy atom. The molecule has 2 heterocycles. The van der Waals surface area contributed by atoms with Gasteiger partial charge in [0, 0.05) is 24.1 Å². The summed E-state index contributed by atoms with van der Waals surface area (Å²) in [7, 11) is -4.52. The molecule has 0 bridgehead atoms. The third kappa shape index (κ3) is 5.86. The fraction of sp³-hybridized carbons (Fsp3) is 0.471. The van der Waals surface area contributed by atoms with Crippen molar-refractivity contribution in [2.24, 2.45) is 4.99 Å². The second-order valence-electron chi connectivity index (χ2n) is 6.00. The van der Waals surface area contributed by atoms with Crippen LogP contribution < -0.4 is 0 Å². The van der Waals surface area contributed by atoms with Crippen LogP contribution in [0.4, 0.5) is 13.2 Å². The Labute approximate surface area is 160 Å². The highest BCUT2D eigenvalue weighted by molar-refractivity contribution is 7.88. The maximum atomic E-state index is 12.4. The largest absolute Gasteiger partial charge is 0.534 e. The zero-order chi connectivity index (χ0) is 20.8. The van der Waals surface area contributed by atoms with Gasteiger partial charge in [-0.1, -0.05) is 12.8 Å². The zero-order valence-electron chi connectivity index (χ0n) is 15.1. The van der Waals surface area contributed by atoms with Crippen molar-refractivity contribution in [1.82, 2.24) is 4.98 Å². The lowest BCUT2D eigenvalue weighted by molar-refractivity contribution is -0.0504. The molecule has 0 aliphatic carbocycles. The van der Waals surface area contributed by atoms with Gasteiger partial charge in [-0.2, -0.15) is 21.6 Å². The molecule has 1 aromatic rings. The van der Waals surface area contributed by atoms with Crippen LogP contribution in [0, 0.1) is 0 Å². The molecule has 2 N–H and O–H groups in total. The van der Waals surface area contributed by atoms with Gasteiger partial charge >= 0.3 is 15.6 Å². The van der Waals surface area contributed by atoms with Crippen LogP contribution in [0.5, 0.6) is 0 Å². The standard InChI is InChI=1S/C17H21F3N2O5S/c1-26-15-11-16(27-28(24,25)17(18,19)20)22-14(15)10-13-8-7-12(21-13)6-4-2-3-5-9-23/h7-8,10-11,21,23H,2-6,9H2,1H3/b14-10-. The molecule has 7 nitrogen and oxygen atoms in total. The summed E-state index contributed by atoms with van der Waals surface area (Å²) in [6.07, 6.45) is 6.97. The first-order chi connectivity index (χ1) is 13.2. The molecule has 1 aromatic heterocycles. The summed E-state index contributed by atoms with van der Waals surface area (Å²) in [5.74, 6) is -0.649. The van der Waals surface area contributed by atoms with Crippen molar-refractivity contribution in [1.29, 1.82) is 0 Å². The van der Waals surface area contributed by atoms with Gasteiger partial charge in [0.05, 0.1) is 7.11 Å². The lowest BCUT2D eigenvalue weighted by Crippen LogP contribution is -2.27. The Bertz CT molecular complexity index is 870. The number of alkyl halides is 3. The predicted octanol–water partition coefficient (Wildman–Crippen LogP) is 3.26. The van der Waals surface area contributed by atoms with Gasteiger partial charge in [-0.25, -0.2) is 4.99 Å². The van der Waals surface area contributed by atoms with Crippen molar-refractivity contribution >= 4 is 22.1 Å². The van der Waals surface area contributed by atoms with Crippen molar-refractivity contribution in [2.75, 3.05) is 13.7 Å². The van der Waals surface area contributed by atoms with E-state index in [-0.39, 0.29) is 18.1 Å². The number of unbranched alkanes of at least 4 members (excludes halogenated alkanes) is 3. The molecule has 0 saturated carbocycles. The van der Waals surface area contributed by atoms with Gasteiger partial charge in [-0.3, -0.25) is 0 Å². The van der Waals surface area contributed by atoms with Crippen molar-refractivity contribution in [3.63, 3.8) is 0 Å². The normalized spacial score (nSPS) is 16.2. The highest BCUT2D eigenvalue weighted by Crippen LogP contribution is 2.28. The summed E-state index contributed by atoms with van der Waals surface area (Å²) >= 11 is 0. The molecule has 2 rings (SSSR count). The summed E-state index contributed by atoms with van der Waals surface area (Å²) in [5, 5.41) is 8.75. The van der Waals surface area contributed by atoms with E-state index in [1.54, 1.807) is 6.07 Å². The number of rotatable bonds is 9. The number of nitrogens with one attached hydrogen (secondary N) is 1. The van der Waals surface area contributed by atoms with E-state index in [4.69, 9.17) is 9.84 Å². The van der Waals surface area contributed by atoms with Crippen LogP contribution in [-0.2, 0) is 25.5 Å². The molecule has 0 atom stereocenters. The molecule has 0 saturated heterocycles. The number of ether oxygens (including phenoxy) is 1. The van der Waals surface area contributed by atoms with Crippen LogP contribution in [0.15, 0.2) is 34.7 Å². The van der Waals surface area contributed by atoms with Crippen LogP contribution in [0.1, 0.15) is 37.1 Å². The van der Waals surface area contributed by atoms with Gasteiger partial charge in [-0.15, -0.1) is 0 Å². The topological polar surface area (TPSA) is 101 Å². The van der Waals surface area contributed by atoms with Gasteiger partial charge in [0.2, 0.25) is 5.90 Å². The fourth-order valence-electron chi connectivity index (χ4n) is 2.48. The first-order valence-electron chi connectivity index (χ1n) is 8.52. The minimum absolute atomic E-state index is 0.0764. The third-order valence-corrected chi connectivity index (χ3v) is 4.81. The monoisotopic (exact) mass is 422 g/mol. The zero-order valence-corrected chi connectivity index (χ0v) is 15.9. The maximum Gasteiger partial charge on any atom is 0.534 e. The van der Waals surface area contributed by atoms with Crippen LogP contribution in [0.3, 0.4) is 0 Å². The number of hydrogen-bond acceptors (Lipinski definition) is 6. The van der Waals surface area contributed by atoms with Crippen LogP contribution in [-0.4, -0.2) is 43.6 Å². The van der Waals surface area contributed by atoms with E-state index in [2.05, 4.69) is 14.2 Å². The van der Waals surface area contributed by atoms with E-state index in [1.165, 1.54) is 13.2 Å². The number of methoxy groups -OCH3 is 1.